The van der Waals surface area contributed by atoms with E-state index in [1.165, 1.54) is 130 Å². The van der Waals surface area contributed by atoms with Gasteiger partial charge in [0.1, 0.15) is 24.2 Å². The predicted molar refractivity (Wildman–Crippen MR) is 527 cm³/mol. The SMILES string of the molecule is CCCC1CCC(C2CCC(c3cnc(-c4ccc(C[C@H](CC(=O)c5ccc(C(C)(C)C)s5)C(=O)N[C@H](C)C(=O)O)cc4)nc3)CC2)CC1.C[C@@H](NC(=O)[C@@H](CC(=O)c1ccc(C(C)(C)C)s1)Cc1ccc(-c2ncc(C3=CCC4(CC3)OCCO4)cn2)cc1)C(=O)O.C[C@@H](NC(=O)[C@H](Cc1ccc(-c2ncc(C3=CCC(C(F)(F)F)CC3)cn2)cc1)NC(=O)c1ccc(C(C)(C)C)s1)C(=O)O. The van der Waals surface area contributed by atoms with Crippen molar-refractivity contribution in [3.8, 4) is 34.2 Å². The van der Waals surface area contributed by atoms with Gasteiger partial charge in [-0.3, -0.25) is 43.2 Å². The molecule has 3 fully saturated rings. The van der Waals surface area contributed by atoms with Crippen LogP contribution in [-0.4, -0.2) is 148 Å². The Kier molecular flexibility index (Phi) is 35.6. The lowest BCUT2D eigenvalue weighted by Crippen LogP contribution is -2.51. The third-order valence-corrected chi connectivity index (χ3v) is 31.2. The molecule has 1 unspecified atom stereocenters. The van der Waals surface area contributed by atoms with Crippen molar-refractivity contribution >= 4 is 98.3 Å². The van der Waals surface area contributed by atoms with E-state index in [4.69, 9.17) is 19.4 Å². The van der Waals surface area contributed by atoms with E-state index >= 15 is 0 Å². The van der Waals surface area contributed by atoms with E-state index in [1.807, 2.05) is 124 Å². The van der Waals surface area contributed by atoms with Crippen molar-refractivity contribution in [2.75, 3.05) is 13.2 Å². The summed E-state index contributed by atoms with van der Waals surface area (Å²) in [7, 11) is 0. The number of nitrogens with one attached hydrogen (secondary N) is 4. The maximum atomic E-state index is 13.3. The lowest BCUT2D eigenvalue weighted by atomic mass is 9.68. The molecule has 4 aliphatic carbocycles. The number of nitrogens with zero attached hydrogens (tertiary/aromatic N) is 6. The number of ketones is 2. The van der Waals surface area contributed by atoms with Gasteiger partial charge in [-0.2, -0.15) is 13.2 Å². The number of aromatic nitrogens is 6. The summed E-state index contributed by atoms with van der Waals surface area (Å²) in [5.74, 6) is -3.86. The number of thiophene rings is 3. The Hall–Kier alpha value is -11.2. The number of rotatable bonds is 32. The molecule has 0 radical (unpaired) electrons. The normalized spacial score (nSPS) is 19.2. The summed E-state index contributed by atoms with van der Waals surface area (Å²) in [4.78, 5) is 146. The molecule has 9 aromatic rings. The molecule has 30 heteroatoms. The standard InChI is InChI=1S/C41H55N3O4S.C34H39N3O6S.C32H35F3N4O4S/c1-6-7-27-8-12-29(13-9-27)30-16-18-31(19-17-30)34-24-42-38(43-25-34)32-14-10-28(11-15-32)22-33(39(46)44-26(2)40(47)48)23-35(45)36-20-21-37(49-36)41(3,4)5;1-21(32(40)41)37-31(39)25(18-27(38)28-9-10-29(44-28)33(2,3)4)17-22-5-7-24(8-6-22)30-35-19-26(20-36-30)23-11-13-34(14-12-23)42-15-16-43-34;1-18(30(42)43)38-28(40)24(39-29(41)25-13-14-26(44-25)31(2,3)4)15-19-5-7-21(8-6-19)27-36-16-22(17-37-27)20-9-11-23(12-10-20)32(33,34)35/h10-11,14-15,20-21,24-27,29-31,33H,6-9,12-13,16-19,22-23H2,1-5H3,(H,44,46)(H,47,48);5-11,19-21,25H,12-18H2,1-4H3,(H,37,39)(H,40,41);5-9,13-14,16-18,23-24H,10-12,15H2,1-4H3,(H,38,40)(H,39,41)(H,42,43)/t26-,27?,29?,30?,31?,33-;21-,25-;18-,23?,24+/m111/s1. The fraction of sp³-hybridized carbons (Fsp3) is 0.486. The molecule has 4 amide bonds. The molecular weight excluding hydrogens is 1800 g/mol. The van der Waals surface area contributed by atoms with Gasteiger partial charge in [-0.25, -0.2) is 29.9 Å². The average molecular weight is 1930 g/mol. The number of carboxylic acids is 3. The number of carbonyl (C=O) groups excluding carboxylic acids is 6. The van der Waals surface area contributed by atoms with E-state index in [0.717, 1.165) is 85.0 Å². The van der Waals surface area contributed by atoms with Crippen LogP contribution < -0.4 is 21.3 Å². The molecule has 6 aromatic heterocycles. The van der Waals surface area contributed by atoms with E-state index in [-0.39, 0.29) is 66.3 Å². The Morgan fingerprint density at radius 1 is 0.445 bits per heavy atom. The minimum atomic E-state index is -4.19. The van der Waals surface area contributed by atoms with Crippen molar-refractivity contribution in [1.82, 2.24) is 51.2 Å². The highest BCUT2D eigenvalue weighted by molar-refractivity contribution is 7.15. The number of hydrogen-bond donors (Lipinski definition) is 7. The van der Waals surface area contributed by atoms with Crippen LogP contribution in [-0.2, 0) is 73.7 Å². The van der Waals surface area contributed by atoms with Crippen molar-refractivity contribution in [2.24, 2.45) is 35.5 Å². The third kappa shape index (κ3) is 29.2. The number of aliphatic carboxylic acids is 3. The van der Waals surface area contributed by atoms with Crippen LogP contribution in [0.15, 0.2) is 159 Å². The number of hydrogen-bond acceptors (Lipinski definition) is 20. The van der Waals surface area contributed by atoms with E-state index in [2.05, 4.69) is 95.7 Å². The van der Waals surface area contributed by atoms with Gasteiger partial charge in [0.25, 0.3) is 5.91 Å². The lowest BCUT2D eigenvalue weighted by molar-refractivity contribution is -0.175. The summed E-state index contributed by atoms with van der Waals surface area (Å²) in [5, 5.41) is 38.2. The molecule has 0 bridgehead atoms. The first kappa shape index (κ1) is 105. The summed E-state index contributed by atoms with van der Waals surface area (Å²) in [6.07, 6.45) is 27.3. The summed E-state index contributed by atoms with van der Waals surface area (Å²) < 4.78 is 50.5. The summed E-state index contributed by atoms with van der Waals surface area (Å²) in [6, 6.07) is 29.3. The molecule has 3 aromatic carbocycles. The van der Waals surface area contributed by atoms with Gasteiger partial charge in [-0.15, -0.1) is 34.0 Å². The van der Waals surface area contributed by atoms with Crippen molar-refractivity contribution < 1.29 is 81.1 Å². The van der Waals surface area contributed by atoms with Crippen LogP contribution in [0.25, 0.3) is 45.3 Å². The molecule has 14 rings (SSSR count). The zero-order valence-corrected chi connectivity index (χ0v) is 82.9. The molecule has 1 aliphatic heterocycles. The Labute approximate surface area is 812 Å². The lowest BCUT2D eigenvalue weighted by Gasteiger charge is -2.38. The molecule has 7 atom stereocenters. The van der Waals surface area contributed by atoms with Crippen molar-refractivity contribution in [3.63, 3.8) is 0 Å². The van der Waals surface area contributed by atoms with Gasteiger partial charge in [-0.05, 0) is 208 Å². The molecule has 137 heavy (non-hydrogen) atoms. The highest BCUT2D eigenvalue weighted by Gasteiger charge is 2.42. The summed E-state index contributed by atoms with van der Waals surface area (Å²) >= 11 is 4.23. The maximum Gasteiger partial charge on any atom is 0.392 e. The number of carbonyl (C=O) groups is 9. The zero-order valence-electron chi connectivity index (χ0n) is 80.5. The molecule has 2 saturated carbocycles. The van der Waals surface area contributed by atoms with Gasteiger partial charge < -0.3 is 46.1 Å². The van der Waals surface area contributed by atoms with Crippen molar-refractivity contribution in [3.05, 3.63) is 221 Å². The molecule has 730 valence electrons. The number of Topliss-reactive ketones (excluding diaryl/α,β-unsaturated/α-hetero) is 2. The van der Waals surface area contributed by atoms with Crippen LogP contribution in [0, 0.1) is 35.5 Å². The smallest absolute Gasteiger partial charge is 0.392 e. The van der Waals surface area contributed by atoms with Gasteiger partial charge in [0.05, 0.1) is 33.8 Å². The third-order valence-electron chi connectivity index (χ3n) is 26.6. The first-order chi connectivity index (χ1) is 64.9. The van der Waals surface area contributed by atoms with Crippen molar-refractivity contribution in [2.45, 2.75) is 283 Å². The minimum absolute atomic E-state index is 0.00339. The van der Waals surface area contributed by atoms with Crippen LogP contribution in [0.3, 0.4) is 0 Å². The summed E-state index contributed by atoms with van der Waals surface area (Å²) in [5.41, 5.74) is 9.43. The first-order valence-corrected chi connectivity index (χ1v) is 50.1. The van der Waals surface area contributed by atoms with E-state index in [1.54, 1.807) is 48.8 Å². The van der Waals surface area contributed by atoms with Crippen LogP contribution in [0.4, 0.5) is 13.2 Å². The van der Waals surface area contributed by atoms with Gasteiger partial charge in [0, 0.05) is 124 Å². The minimum Gasteiger partial charge on any atom is -0.480 e. The fourth-order valence-corrected chi connectivity index (χ4v) is 21.1. The van der Waals surface area contributed by atoms with Crippen LogP contribution in [0.2, 0.25) is 0 Å². The number of alkyl halides is 3. The monoisotopic (exact) mass is 1930 g/mol. The molecule has 1 saturated heterocycles. The number of allylic oxidation sites excluding steroid dienone is 3. The second kappa shape index (κ2) is 46.5. The molecule has 1 spiro atoms. The largest absolute Gasteiger partial charge is 0.480 e. The molecular formula is C107H129F3N10O14S3. The fourth-order valence-electron chi connectivity index (χ4n) is 18.1. The highest BCUT2D eigenvalue weighted by atomic mass is 32.1. The predicted octanol–water partition coefficient (Wildman–Crippen LogP) is 21.4. The number of halogens is 3. The van der Waals surface area contributed by atoms with E-state index < -0.39 is 95.4 Å². The molecule has 7 heterocycles. The van der Waals surface area contributed by atoms with Gasteiger partial charge in [0.2, 0.25) is 17.7 Å². The van der Waals surface area contributed by atoms with Gasteiger partial charge >= 0.3 is 24.1 Å². The van der Waals surface area contributed by atoms with Gasteiger partial charge in [-0.1, -0.05) is 180 Å². The Balaban J connectivity index is 0.000000185. The van der Waals surface area contributed by atoms with Crippen LogP contribution in [0.5, 0.6) is 0 Å². The number of benzene rings is 3. The quantitative estimate of drug-likeness (QED) is 0.0193. The second-order valence-electron chi connectivity index (χ2n) is 40.2. The van der Waals surface area contributed by atoms with Crippen molar-refractivity contribution in [1.29, 1.82) is 0 Å². The Morgan fingerprint density at radius 2 is 0.825 bits per heavy atom. The zero-order chi connectivity index (χ0) is 98.8. The van der Waals surface area contributed by atoms with E-state index in [9.17, 15) is 71.6 Å². The molecule has 24 nitrogen and oxygen atoms in total. The molecule has 5 aliphatic rings. The van der Waals surface area contributed by atoms with Gasteiger partial charge in [0.15, 0.2) is 34.8 Å². The second-order valence-corrected chi connectivity index (χ2v) is 43.5. The van der Waals surface area contributed by atoms with Crippen LogP contribution in [0.1, 0.15) is 289 Å². The van der Waals surface area contributed by atoms with E-state index in [0.29, 0.717) is 80.8 Å². The highest BCUT2D eigenvalue weighted by Crippen LogP contribution is 2.46. The number of amides is 4. The Morgan fingerprint density at radius 3 is 1.19 bits per heavy atom. The maximum absolute atomic E-state index is 13.3. The number of carboxylic acid groups (broad SMARTS) is 3. The topological polar surface area (TPSA) is 358 Å². The molecule has 7 N–H and O–H groups in total. The average Bonchev–Trinajstić information content (AvgIpc) is 1.64. The Bertz CT molecular complexity index is 5720. The first-order valence-electron chi connectivity index (χ1n) is 47.7. The number of ether oxygens (including phenoxy) is 2. The van der Waals surface area contributed by atoms with Crippen LogP contribution >= 0.6 is 34.0 Å². The summed E-state index contributed by atoms with van der Waals surface area (Å²) in [6.45, 7) is 26.5.